The molecule has 4 unspecified atom stereocenters. The van der Waals surface area contributed by atoms with Crippen molar-refractivity contribution >= 4 is 32.9 Å². The van der Waals surface area contributed by atoms with E-state index in [0.717, 1.165) is 12.8 Å². The number of carbonyl (C=O) groups is 2. The van der Waals surface area contributed by atoms with Gasteiger partial charge in [0.1, 0.15) is 0 Å². The van der Waals surface area contributed by atoms with Crippen LogP contribution in [-0.4, -0.2) is 58.2 Å². The molecule has 3 fully saturated rings. The molecule has 6 nitrogen and oxygen atoms in total. The summed E-state index contributed by atoms with van der Waals surface area (Å²) in [7, 11) is -2.53. The van der Waals surface area contributed by atoms with E-state index in [0.29, 0.717) is 36.1 Å². The molecule has 4 rings (SSSR count). The topological polar surface area (TPSA) is 76.0 Å². The molecule has 4 heterocycles. The highest BCUT2D eigenvalue weighted by atomic mass is 32.2. The molecule has 1 aromatic heterocycles. The zero-order valence-corrected chi connectivity index (χ0v) is 16.5. The molecule has 0 saturated carbocycles. The van der Waals surface area contributed by atoms with Gasteiger partial charge in [-0.05, 0) is 43.0 Å². The van der Waals surface area contributed by atoms with Crippen molar-refractivity contribution in [3.05, 3.63) is 22.4 Å². The van der Waals surface area contributed by atoms with Crippen LogP contribution in [0.1, 0.15) is 29.4 Å². The Bertz CT molecular complexity index is 793. The molecule has 0 aliphatic carbocycles. The minimum Gasteiger partial charge on any atom is -0.378 e. The van der Waals surface area contributed by atoms with Crippen molar-refractivity contribution in [3.63, 3.8) is 0 Å². The molecule has 0 N–H and O–H groups in total. The lowest BCUT2D eigenvalue weighted by Gasteiger charge is -2.42. The van der Waals surface area contributed by atoms with Crippen molar-refractivity contribution in [1.29, 1.82) is 0 Å². The van der Waals surface area contributed by atoms with Crippen molar-refractivity contribution in [1.82, 2.24) is 4.90 Å². The van der Waals surface area contributed by atoms with E-state index >= 15 is 0 Å². The highest BCUT2D eigenvalue weighted by Gasteiger charge is 2.41. The van der Waals surface area contributed by atoms with Crippen LogP contribution in [0.5, 0.6) is 0 Å². The Morgan fingerprint density at radius 2 is 2.00 bits per heavy atom. The van der Waals surface area contributed by atoms with Crippen molar-refractivity contribution in [2.45, 2.75) is 25.9 Å². The molecule has 4 atom stereocenters. The maximum atomic E-state index is 13.2. The Balaban J connectivity index is 1.45. The van der Waals surface area contributed by atoms with Crippen molar-refractivity contribution in [2.75, 3.05) is 31.2 Å². The van der Waals surface area contributed by atoms with E-state index in [9.17, 15) is 13.8 Å². The van der Waals surface area contributed by atoms with Crippen molar-refractivity contribution in [3.8, 4) is 0 Å². The molecule has 26 heavy (non-hydrogen) atoms. The average Bonchev–Trinajstić information content (AvgIpc) is 3.24. The quantitative estimate of drug-likeness (QED) is 0.768. The first-order chi connectivity index (χ1) is 12.4. The van der Waals surface area contributed by atoms with E-state index < -0.39 is 9.73 Å². The zero-order valence-electron chi connectivity index (χ0n) is 14.8. The summed E-state index contributed by atoms with van der Waals surface area (Å²) in [6, 6.07) is 3.51. The molecule has 1 aromatic rings. The molecule has 3 saturated heterocycles. The number of nitrogens with zero attached hydrogens (tertiary/aromatic N) is 2. The van der Waals surface area contributed by atoms with Gasteiger partial charge in [0.25, 0.3) is 5.91 Å². The molecule has 0 radical (unpaired) electrons. The first-order valence-corrected chi connectivity index (χ1v) is 11.9. The van der Waals surface area contributed by atoms with Crippen LogP contribution < -0.4 is 0 Å². The number of carbonyl (C=O) groups excluding carboxylic acids is 2. The van der Waals surface area contributed by atoms with E-state index in [1.165, 1.54) is 11.3 Å². The number of piperidine rings is 1. The van der Waals surface area contributed by atoms with E-state index in [4.69, 9.17) is 4.74 Å². The SMILES string of the molecule is CC1CC(C(=O)N2CC3CC(C2)CS(=O)(=NC(=O)c2cccs2)C3)CO1. The summed E-state index contributed by atoms with van der Waals surface area (Å²) in [4.78, 5) is 27.5. The number of hydrogen-bond acceptors (Lipinski definition) is 5. The van der Waals surface area contributed by atoms with E-state index in [2.05, 4.69) is 4.36 Å². The molecular formula is C18H24N2O4S2. The average molecular weight is 397 g/mol. The summed E-state index contributed by atoms with van der Waals surface area (Å²) >= 11 is 1.32. The van der Waals surface area contributed by atoms with Gasteiger partial charge < -0.3 is 9.64 Å². The fourth-order valence-corrected chi connectivity index (χ4v) is 7.77. The molecule has 0 aromatic carbocycles. The summed E-state index contributed by atoms with van der Waals surface area (Å²) in [6.07, 6.45) is 1.90. The first-order valence-electron chi connectivity index (χ1n) is 9.12. The van der Waals surface area contributed by atoms with Gasteiger partial charge in [0, 0.05) is 24.6 Å². The van der Waals surface area contributed by atoms with Crippen LogP contribution >= 0.6 is 11.3 Å². The lowest BCUT2D eigenvalue weighted by Crippen LogP contribution is -2.52. The van der Waals surface area contributed by atoms with Gasteiger partial charge in [-0.1, -0.05) is 6.07 Å². The number of likely N-dealkylation sites (tertiary alicyclic amines) is 1. The first kappa shape index (κ1) is 18.1. The second-order valence-corrected chi connectivity index (χ2v) is 11.1. The Morgan fingerprint density at radius 1 is 1.27 bits per heavy atom. The second-order valence-electron chi connectivity index (χ2n) is 7.77. The van der Waals surface area contributed by atoms with E-state index in [1.54, 1.807) is 12.1 Å². The van der Waals surface area contributed by atoms with Gasteiger partial charge in [0.05, 0.1) is 33.2 Å². The highest BCUT2D eigenvalue weighted by molar-refractivity contribution is 7.94. The molecule has 3 aliphatic rings. The lowest BCUT2D eigenvalue weighted by atomic mass is 9.90. The van der Waals surface area contributed by atoms with E-state index in [-0.39, 0.29) is 35.7 Å². The van der Waals surface area contributed by atoms with Gasteiger partial charge in [-0.25, -0.2) is 4.21 Å². The zero-order chi connectivity index (χ0) is 18.3. The molecule has 8 heteroatoms. The molecule has 0 spiro atoms. The van der Waals surface area contributed by atoms with Crippen LogP contribution in [0.2, 0.25) is 0 Å². The van der Waals surface area contributed by atoms with Gasteiger partial charge >= 0.3 is 0 Å². The summed E-state index contributed by atoms with van der Waals surface area (Å²) in [5.41, 5.74) is 0. The summed E-state index contributed by atoms with van der Waals surface area (Å²) in [6.45, 7) is 3.76. The molecular weight excluding hydrogens is 372 g/mol. The predicted molar refractivity (Wildman–Crippen MR) is 101 cm³/mol. The van der Waals surface area contributed by atoms with Gasteiger partial charge in [0.15, 0.2) is 0 Å². The third-order valence-electron chi connectivity index (χ3n) is 5.46. The molecule has 3 aliphatic heterocycles. The Morgan fingerprint density at radius 3 is 2.58 bits per heavy atom. The maximum Gasteiger partial charge on any atom is 0.295 e. The number of ether oxygens (including phenoxy) is 1. The highest BCUT2D eigenvalue weighted by Crippen LogP contribution is 2.33. The summed E-state index contributed by atoms with van der Waals surface area (Å²) in [5.74, 6) is 0.929. The third-order valence-corrected chi connectivity index (χ3v) is 8.80. The third kappa shape index (κ3) is 3.73. The molecule has 2 bridgehead atoms. The monoisotopic (exact) mass is 396 g/mol. The smallest absolute Gasteiger partial charge is 0.295 e. The summed E-state index contributed by atoms with van der Waals surface area (Å²) < 4.78 is 22.9. The largest absolute Gasteiger partial charge is 0.378 e. The predicted octanol–water partition coefficient (Wildman–Crippen LogP) is 2.26. The van der Waals surface area contributed by atoms with Crippen LogP contribution in [0.4, 0.5) is 0 Å². The van der Waals surface area contributed by atoms with Crippen molar-refractivity contribution in [2.24, 2.45) is 22.1 Å². The number of amides is 2. The number of thiophene rings is 1. The Hall–Kier alpha value is -1.25. The minimum absolute atomic E-state index is 0.0433. The number of fused-ring (bicyclic) bond motifs is 2. The fraction of sp³-hybridized carbons (Fsp3) is 0.667. The van der Waals surface area contributed by atoms with Crippen LogP contribution in [0, 0.1) is 17.8 Å². The van der Waals surface area contributed by atoms with Gasteiger partial charge in [-0.3, -0.25) is 9.59 Å². The van der Waals surface area contributed by atoms with Gasteiger partial charge in [0.2, 0.25) is 5.91 Å². The maximum absolute atomic E-state index is 13.2. The molecule has 2 amide bonds. The fourth-order valence-electron chi connectivity index (χ4n) is 4.46. The standard InChI is InChI=1S/C18H24N2O4S2/c1-12-5-15(9-24-12)18(22)20-7-13-6-14(8-20)11-26(23,10-13)19-17(21)16-3-2-4-25-16/h2-4,12-15H,5-11H2,1H3. The van der Waals surface area contributed by atoms with E-state index in [1.807, 2.05) is 17.2 Å². The lowest BCUT2D eigenvalue weighted by molar-refractivity contribution is -0.138. The Kier molecular flexibility index (Phi) is 4.92. The summed E-state index contributed by atoms with van der Waals surface area (Å²) in [5, 5.41) is 1.82. The van der Waals surface area contributed by atoms with Crippen LogP contribution in [-0.2, 0) is 19.3 Å². The Labute approximate surface area is 158 Å². The molecule has 142 valence electrons. The van der Waals surface area contributed by atoms with Crippen LogP contribution in [0.3, 0.4) is 0 Å². The van der Waals surface area contributed by atoms with Gasteiger partial charge in [-0.2, -0.15) is 4.36 Å². The van der Waals surface area contributed by atoms with Gasteiger partial charge in [-0.15, -0.1) is 11.3 Å². The van der Waals surface area contributed by atoms with Crippen molar-refractivity contribution < 1.29 is 18.5 Å². The second kappa shape index (κ2) is 7.05. The van der Waals surface area contributed by atoms with Crippen LogP contribution in [0.25, 0.3) is 0 Å². The minimum atomic E-state index is -2.53. The number of hydrogen-bond donors (Lipinski definition) is 0. The van der Waals surface area contributed by atoms with Crippen LogP contribution in [0.15, 0.2) is 21.9 Å². The normalized spacial score (nSPS) is 36.7. The number of rotatable bonds is 2.